The summed E-state index contributed by atoms with van der Waals surface area (Å²) in [6, 6.07) is 19.2. The van der Waals surface area contributed by atoms with Crippen LogP contribution in [0.5, 0.6) is 0 Å². The number of carbonyl (C=O) groups excluding carboxylic acids is 2. The summed E-state index contributed by atoms with van der Waals surface area (Å²) >= 11 is 0. The van der Waals surface area contributed by atoms with E-state index in [1.807, 2.05) is 36.4 Å². The molecule has 2 amide bonds. The van der Waals surface area contributed by atoms with Crippen LogP contribution in [-0.2, 0) is 16.0 Å². The Kier molecular flexibility index (Phi) is 10.1. The highest BCUT2D eigenvalue weighted by atomic mass is 16.2. The minimum absolute atomic E-state index is 0.137. The summed E-state index contributed by atoms with van der Waals surface area (Å²) < 4.78 is 0. The molecule has 3 aromatic rings. The van der Waals surface area contributed by atoms with E-state index in [-0.39, 0.29) is 18.4 Å². The highest BCUT2D eigenvalue weighted by Gasteiger charge is 2.13. The fourth-order valence-corrected chi connectivity index (χ4v) is 2.83. The zero-order valence-electron chi connectivity index (χ0n) is 17.9. The Morgan fingerprint density at radius 3 is 2.45 bits per heavy atom. The van der Waals surface area contributed by atoms with Crippen LogP contribution in [0.25, 0.3) is 10.9 Å². The third kappa shape index (κ3) is 8.54. The molecule has 0 unspecified atom stereocenters. The Morgan fingerprint density at radius 2 is 1.77 bits per heavy atom. The second kappa shape index (κ2) is 13.1. The summed E-state index contributed by atoms with van der Waals surface area (Å²) in [6.45, 7) is 2.51. The number of para-hydroxylation sites is 1. The maximum atomic E-state index is 11.9. The van der Waals surface area contributed by atoms with E-state index in [0.717, 1.165) is 17.3 Å². The molecule has 0 aliphatic carbocycles. The molecule has 0 bridgehead atoms. The normalized spacial score (nSPS) is 11.2. The van der Waals surface area contributed by atoms with E-state index in [9.17, 15) is 9.59 Å². The van der Waals surface area contributed by atoms with E-state index in [2.05, 4.69) is 46.8 Å². The van der Waals surface area contributed by atoms with Crippen LogP contribution in [0.15, 0.2) is 66.9 Å². The Bertz CT molecular complexity index is 962. The van der Waals surface area contributed by atoms with Crippen LogP contribution in [0, 0.1) is 0 Å². The zero-order valence-corrected chi connectivity index (χ0v) is 17.9. The van der Waals surface area contributed by atoms with Crippen molar-refractivity contribution in [3.8, 4) is 0 Å². The summed E-state index contributed by atoms with van der Waals surface area (Å²) in [5.41, 5.74) is 13.9. The van der Waals surface area contributed by atoms with Gasteiger partial charge in [0, 0.05) is 5.39 Å². The monoisotopic (exact) mass is 421 g/mol. The lowest BCUT2D eigenvalue weighted by molar-refractivity contribution is -0.125. The van der Waals surface area contributed by atoms with Gasteiger partial charge in [0.2, 0.25) is 11.8 Å². The van der Waals surface area contributed by atoms with Gasteiger partial charge < -0.3 is 22.1 Å². The van der Waals surface area contributed by atoms with Gasteiger partial charge in [0.15, 0.2) is 0 Å². The molecule has 1 aromatic heterocycles. The number of nitrogens with zero attached hydrogens (tertiary/aromatic N) is 1. The highest BCUT2D eigenvalue weighted by molar-refractivity contribution is 5.96. The van der Waals surface area contributed by atoms with Crippen molar-refractivity contribution >= 4 is 28.4 Å². The maximum Gasteiger partial charge on any atom is 0.243 e. The van der Waals surface area contributed by atoms with E-state index >= 15 is 0 Å². The third-order valence-electron chi connectivity index (χ3n) is 4.60. The van der Waals surface area contributed by atoms with Crippen LogP contribution < -0.4 is 22.1 Å². The molecule has 1 heterocycles. The highest BCUT2D eigenvalue weighted by Crippen LogP contribution is 2.15. The number of benzene rings is 2. The van der Waals surface area contributed by atoms with Gasteiger partial charge in [-0.25, -0.2) is 0 Å². The average Bonchev–Trinajstić information content (AvgIpc) is 2.81. The molecule has 7 heteroatoms. The van der Waals surface area contributed by atoms with Crippen molar-refractivity contribution in [2.75, 3.05) is 18.4 Å². The van der Waals surface area contributed by atoms with Gasteiger partial charge in [0.1, 0.15) is 0 Å². The van der Waals surface area contributed by atoms with Crippen molar-refractivity contribution in [3.63, 3.8) is 0 Å². The molecule has 0 aliphatic heterocycles. The molecular formula is C24H31N5O2. The van der Waals surface area contributed by atoms with Gasteiger partial charge in [-0.3, -0.25) is 14.6 Å². The van der Waals surface area contributed by atoms with Crippen molar-refractivity contribution in [1.82, 2.24) is 10.3 Å². The molecule has 31 heavy (non-hydrogen) atoms. The van der Waals surface area contributed by atoms with E-state index in [4.69, 9.17) is 11.5 Å². The van der Waals surface area contributed by atoms with Crippen LogP contribution in [0.1, 0.15) is 25.3 Å². The average molecular weight is 422 g/mol. The lowest BCUT2D eigenvalue weighted by atomic mass is 10.1. The molecule has 0 saturated carbocycles. The molecule has 2 aromatic carbocycles. The lowest BCUT2D eigenvalue weighted by Gasteiger charge is -2.12. The van der Waals surface area contributed by atoms with Gasteiger partial charge in [-0.2, -0.15) is 0 Å². The third-order valence-corrected chi connectivity index (χ3v) is 4.60. The van der Waals surface area contributed by atoms with Crippen LogP contribution >= 0.6 is 0 Å². The minimum atomic E-state index is -0.645. The number of anilines is 1. The standard InChI is InChI=1S/C16H21N5O2.C8H10/c17-7-3-5-13(18)16(23)20-10-15(22)21-12-8-11-4-1-2-6-14(11)19-9-12;1-2-8-6-4-3-5-7-8/h1-2,4,6,8-9,13H,3,5,7,10,17-18H2,(H,20,23)(H,21,22);3-7H,2H2,1H3/t13-;/m0./s1. The molecule has 6 N–H and O–H groups in total. The summed E-state index contributed by atoms with van der Waals surface area (Å²) in [4.78, 5) is 27.8. The number of aromatic nitrogens is 1. The molecule has 0 fully saturated rings. The second-order valence-corrected chi connectivity index (χ2v) is 7.06. The zero-order chi connectivity index (χ0) is 22.5. The minimum Gasteiger partial charge on any atom is -0.346 e. The second-order valence-electron chi connectivity index (χ2n) is 7.06. The van der Waals surface area contributed by atoms with Gasteiger partial charge in [-0.1, -0.05) is 55.5 Å². The first-order chi connectivity index (χ1) is 15.0. The van der Waals surface area contributed by atoms with E-state index < -0.39 is 6.04 Å². The molecule has 0 radical (unpaired) electrons. The lowest BCUT2D eigenvalue weighted by Crippen LogP contribution is -2.43. The fraction of sp³-hybridized carbons (Fsp3) is 0.292. The molecule has 7 nitrogen and oxygen atoms in total. The van der Waals surface area contributed by atoms with E-state index in [1.165, 1.54) is 5.56 Å². The first-order valence-electron chi connectivity index (χ1n) is 10.5. The molecule has 1 atom stereocenters. The number of amides is 2. The van der Waals surface area contributed by atoms with Gasteiger partial charge in [-0.05, 0) is 43.5 Å². The number of hydrogen-bond acceptors (Lipinski definition) is 5. The SMILES string of the molecule is CCc1ccccc1.NCCC[C@H](N)C(=O)NCC(=O)Nc1cnc2ccccc2c1. The number of hydrogen-bond donors (Lipinski definition) is 4. The molecule has 164 valence electrons. The number of pyridine rings is 1. The summed E-state index contributed by atoms with van der Waals surface area (Å²) in [6.07, 6.45) is 3.89. The molecule has 3 rings (SSSR count). The molecule has 0 aliphatic rings. The van der Waals surface area contributed by atoms with Gasteiger partial charge in [-0.15, -0.1) is 0 Å². The van der Waals surface area contributed by atoms with Crippen molar-refractivity contribution in [2.45, 2.75) is 32.2 Å². The van der Waals surface area contributed by atoms with E-state index in [0.29, 0.717) is 25.1 Å². The van der Waals surface area contributed by atoms with Crippen LogP contribution in [-0.4, -0.2) is 35.9 Å². The van der Waals surface area contributed by atoms with E-state index in [1.54, 1.807) is 6.20 Å². The quantitative estimate of drug-likeness (QED) is 0.445. The largest absolute Gasteiger partial charge is 0.346 e. The molecular weight excluding hydrogens is 390 g/mol. The number of carbonyl (C=O) groups is 2. The van der Waals surface area contributed by atoms with Gasteiger partial charge in [0.25, 0.3) is 0 Å². The van der Waals surface area contributed by atoms with Crippen LogP contribution in [0.2, 0.25) is 0 Å². The van der Waals surface area contributed by atoms with Crippen molar-refractivity contribution in [3.05, 3.63) is 72.4 Å². The summed E-state index contributed by atoms with van der Waals surface area (Å²) in [7, 11) is 0. The Labute approximate surface area is 183 Å². The number of fused-ring (bicyclic) bond motifs is 1. The number of nitrogens with two attached hydrogens (primary N) is 2. The predicted molar refractivity (Wildman–Crippen MR) is 125 cm³/mol. The Balaban J connectivity index is 0.000000357. The Hall–Kier alpha value is -3.29. The van der Waals surface area contributed by atoms with Gasteiger partial charge in [0.05, 0.1) is 30.0 Å². The van der Waals surface area contributed by atoms with Gasteiger partial charge >= 0.3 is 0 Å². The maximum absolute atomic E-state index is 11.9. The first kappa shape index (κ1) is 24.0. The van der Waals surface area contributed by atoms with Crippen molar-refractivity contribution in [1.29, 1.82) is 0 Å². The summed E-state index contributed by atoms with van der Waals surface area (Å²) in [5, 5.41) is 6.13. The number of nitrogens with one attached hydrogen (secondary N) is 2. The number of aryl methyl sites for hydroxylation is 1. The predicted octanol–water partition coefficient (Wildman–Crippen LogP) is 2.60. The van der Waals surface area contributed by atoms with Crippen molar-refractivity contribution in [2.24, 2.45) is 11.5 Å². The molecule has 0 spiro atoms. The summed E-state index contributed by atoms with van der Waals surface area (Å²) in [5.74, 6) is -0.688. The smallest absolute Gasteiger partial charge is 0.243 e. The molecule has 0 saturated heterocycles. The van der Waals surface area contributed by atoms with Crippen molar-refractivity contribution < 1.29 is 9.59 Å². The topological polar surface area (TPSA) is 123 Å². The van der Waals surface area contributed by atoms with Crippen LogP contribution in [0.4, 0.5) is 5.69 Å². The first-order valence-corrected chi connectivity index (χ1v) is 10.5. The number of rotatable bonds is 8. The van der Waals surface area contributed by atoms with Crippen LogP contribution in [0.3, 0.4) is 0 Å². The Morgan fingerprint density at radius 1 is 1.06 bits per heavy atom. The fourth-order valence-electron chi connectivity index (χ4n) is 2.83.